The van der Waals surface area contributed by atoms with Crippen LogP contribution < -0.4 is 22.5 Å². The van der Waals surface area contributed by atoms with Crippen LogP contribution in [0.5, 0.6) is 0 Å². The van der Waals surface area contributed by atoms with Gasteiger partial charge in [0, 0.05) is 5.56 Å². The van der Waals surface area contributed by atoms with E-state index in [9.17, 15) is 4.79 Å². The Morgan fingerprint density at radius 1 is 1.12 bits per heavy atom. The second kappa shape index (κ2) is 4.30. The summed E-state index contributed by atoms with van der Waals surface area (Å²) in [5.74, 6) is -0.534. The van der Waals surface area contributed by atoms with Crippen molar-refractivity contribution in [2.24, 2.45) is 17.2 Å². The van der Waals surface area contributed by atoms with Gasteiger partial charge in [-0.3, -0.25) is 10.8 Å². The molecule has 7 nitrogen and oxygen atoms in total. The van der Waals surface area contributed by atoms with Crippen molar-refractivity contribution in [3.63, 3.8) is 0 Å². The molecule has 0 aliphatic heterocycles. The van der Waals surface area contributed by atoms with Gasteiger partial charge in [-0.05, 0) is 6.07 Å². The second-order valence-corrected chi connectivity index (χ2v) is 3.04. The quantitative estimate of drug-likeness (QED) is 0.307. The Morgan fingerprint density at radius 3 is 2.19 bits per heavy atom. The molecule has 0 bridgehead atoms. The Kier molecular flexibility index (Phi) is 3.09. The van der Waals surface area contributed by atoms with Crippen LogP contribution in [0.3, 0.4) is 0 Å². The van der Waals surface area contributed by atoms with E-state index in [1.54, 1.807) is 6.07 Å². The van der Waals surface area contributed by atoms with E-state index in [4.69, 9.17) is 28.0 Å². The van der Waals surface area contributed by atoms with Gasteiger partial charge in [0.25, 0.3) is 0 Å². The third-order valence-corrected chi connectivity index (χ3v) is 1.88. The van der Waals surface area contributed by atoms with E-state index in [2.05, 4.69) is 5.32 Å². The number of nitrogens with one attached hydrogen (secondary N) is 3. The predicted octanol–water partition coefficient (Wildman–Crippen LogP) is -0.255. The van der Waals surface area contributed by atoms with Gasteiger partial charge in [0.1, 0.15) is 11.7 Å². The number of primary amides is 1. The van der Waals surface area contributed by atoms with Crippen LogP contribution >= 0.6 is 0 Å². The van der Waals surface area contributed by atoms with E-state index in [0.29, 0.717) is 0 Å². The van der Waals surface area contributed by atoms with Gasteiger partial charge in [-0.1, -0.05) is 12.1 Å². The molecule has 0 aliphatic rings. The second-order valence-electron chi connectivity index (χ2n) is 3.04. The fourth-order valence-electron chi connectivity index (χ4n) is 1.30. The highest BCUT2D eigenvalue weighted by molar-refractivity contribution is 6.12. The number of hydrogen-bond donors (Lipinski definition) is 6. The van der Waals surface area contributed by atoms with Gasteiger partial charge in [-0.2, -0.15) is 0 Å². The highest BCUT2D eigenvalue weighted by Crippen LogP contribution is 2.19. The van der Waals surface area contributed by atoms with Gasteiger partial charge in [0.15, 0.2) is 0 Å². The first-order chi connectivity index (χ1) is 7.43. The van der Waals surface area contributed by atoms with Crippen LogP contribution in [0.4, 0.5) is 10.5 Å². The summed E-state index contributed by atoms with van der Waals surface area (Å²) in [5.41, 5.74) is 16.4. The largest absolute Gasteiger partial charge is 0.384 e. The third kappa shape index (κ3) is 2.27. The topological polar surface area (TPSA) is 155 Å². The van der Waals surface area contributed by atoms with Gasteiger partial charge in [-0.25, -0.2) is 4.79 Å². The molecule has 0 aromatic heterocycles. The van der Waals surface area contributed by atoms with Crippen molar-refractivity contribution in [3.8, 4) is 0 Å². The molecule has 2 amide bonds. The standard InChI is InChI=1S/C9H12N6O/c10-7(11)4-2-1-3-5(15-9(14)16)6(4)8(12)13/h1-3H,(H3,10,11)(H3,12,13)(H3,14,15,16). The number of rotatable bonds is 3. The Labute approximate surface area is 91.6 Å². The zero-order valence-corrected chi connectivity index (χ0v) is 8.37. The maximum absolute atomic E-state index is 10.7. The molecule has 0 heterocycles. The molecule has 0 aliphatic carbocycles. The van der Waals surface area contributed by atoms with E-state index < -0.39 is 6.03 Å². The van der Waals surface area contributed by atoms with Crippen LogP contribution in [-0.4, -0.2) is 17.7 Å². The average molecular weight is 220 g/mol. The number of carbonyl (C=O) groups is 1. The van der Waals surface area contributed by atoms with Gasteiger partial charge in [0.2, 0.25) is 0 Å². The molecular weight excluding hydrogens is 208 g/mol. The summed E-state index contributed by atoms with van der Waals surface area (Å²) >= 11 is 0. The molecule has 0 unspecified atom stereocenters. The minimum Gasteiger partial charge on any atom is -0.384 e. The summed E-state index contributed by atoms with van der Waals surface area (Å²) < 4.78 is 0. The molecule has 1 aromatic rings. The Morgan fingerprint density at radius 2 is 1.75 bits per heavy atom. The number of benzene rings is 1. The van der Waals surface area contributed by atoms with Crippen LogP contribution in [0.2, 0.25) is 0 Å². The van der Waals surface area contributed by atoms with Crippen LogP contribution in [0, 0.1) is 10.8 Å². The highest BCUT2D eigenvalue weighted by atomic mass is 16.2. The van der Waals surface area contributed by atoms with Gasteiger partial charge >= 0.3 is 6.03 Å². The normalized spacial score (nSPS) is 9.50. The van der Waals surface area contributed by atoms with Gasteiger partial charge < -0.3 is 22.5 Å². The van der Waals surface area contributed by atoms with Gasteiger partial charge in [0.05, 0.1) is 11.3 Å². The monoisotopic (exact) mass is 220 g/mol. The molecule has 0 saturated carbocycles. The van der Waals surface area contributed by atoms with Crippen LogP contribution in [0.15, 0.2) is 18.2 Å². The SMILES string of the molecule is N=C(N)c1cccc(NC(N)=O)c1C(=N)N. The molecule has 9 N–H and O–H groups in total. The van der Waals surface area contributed by atoms with Crippen molar-refractivity contribution in [2.45, 2.75) is 0 Å². The summed E-state index contributed by atoms with van der Waals surface area (Å²) in [6.45, 7) is 0. The fourth-order valence-corrected chi connectivity index (χ4v) is 1.30. The Bertz CT molecular complexity index is 467. The summed E-state index contributed by atoms with van der Waals surface area (Å²) in [5, 5.41) is 17.0. The molecule has 0 atom stereocenters. The number of urea groups is 1. The first-order valence-corrected chi connectivity index (χ1v) is 4.31. The summed E-state index contributed by atoms with van der Waals surface area (Å²) in [7, 11) is 0. The molecule has 0 fully saturated rings. The van der Waals surface area contributed by atoms with Crippen molar-refractivity contribution in [1.29, 1.82) is 10.8 Å². The molecule has 16 heavy (non-hydrogen) atoms. The number of hydrogen-bond acceptors (Lipinski definition) is 3. The predicted molar refractivity (Wildman–Crippen MR) is 61.7 cm³/mol. The molecule has 1 aromatic carbocycles. The Balaban J connectivity index is 3.38. The molecule has 0 spiro atoms. The first-order valence-electron chi connectivity index (χ1n) is 4.31. The number of anilines is 1. The van der Waals surface area contributed by atoms with Crippen molar-refractivity contribution in [2.75, 3.05) is 5.32 Å². The van der Waals surface area contributed by atoms with Crippen molar-refractivity contribution in [1.82, 2.24) is 0 Å². The maximum Gasteiger partial charge on any atom is 0.316 e. The Hall–Kier alpha value is -2.57. The van der Waals surface area contributed by atoms with Crippen LogP contribution in [-0.2, 0) is 0 Å². The van der Waals surface area contributed by atoms with E-state index >= 15 is 0 Å². The molecule has 84 valence electrons. The van der Waals surface area contributed by atoms with E-state index in [1.807, 2.05) is 0 Å². The minimum atomic E-state index is -0.775. The van der Waals surface area contributed by atoms with Crippen molar-refractivity contribution in [3.05, 3.63) is 29.3 Å². The highest BCUT2D eigenvalue weighted by Gasteiger charge is 2.13. The number of amides is 2. The number of nitrogen functional groups attached to an aromatic ring is 2. The number of carbonyl (C=O) groups excluding carboxylic acids is 1. The summed E-state index contributed by atoms with van der Waals surface area (Å²) in [4.78, 5) is 10.7. The summed E-state index contributed by atoms with van der Waals surface area (Å²) in [6.07, 6.45) is 0. The molecular formula is C9H12N6O. The zero-order chi connectivity index (χ0) is 12.3. The smallest absolute Gasteiger partial charge is 0.316 e. The maximum atomic E-state index is 10.7. The third-order valence-electron chi connectivity index (χ3n) is 1.88. The van der Waals surface area contributed by atoms with Crippen LogP contribution in [0.1, 0.15) is 11.1 Å². The van der Waals surface area contributed by atoms with Gasteiger partial charge in [-0.15, -0.1) is 0 Å². The number of nitrogens with two attached hydrogens (primary N) is 3. The van der Waals surface area contributed by atoms with Crippen LogP contribution in [0.25, 0.3) is 0 Å². The molecule has 7 heteroatoms. The lowest BCUT2D eigenvalue weighted by Gasteiger charge is -2.12. The fraction of sp³-hybridized carbons (Fsp3) is 0. The van der Waals surface area contributed by atoms with E-state index in [-0.39, 0.29) is 28.5 Å². The lowest BCUT2D eigenvalue weighted by atomic mass is 10.0. The molecule has 0 radical (unpaired) electrons. The molecule has 1 rings (SSSR count). The van der Waals surface area contributed by atoms with Crippen molar-refractivity contribution < 1.29 is 4.79 Å². The average Bonchev–Trinajstić information content (AvgIpc) is 2.15. The van der Waals surface area contributed by atoms with E-state index in [0.717, 1.165) is 0 Å². The molecule has 0 saturated heterocycles. The first kappa shape index (κ1) is 11.5. The lowest BCUT2D eigenvalue weighted by molar-refractivity contribution is 0.259. The zero-order valence-electron chi connectivity index (χ0n) is 8.37. The lowest BCUT2D eigenvalue weighted by Crippen LogP contribution is -2.26. The van der Waals surface area contributed by atoms with E-state index in [1.165, 1.54) is 12.1 Å². The van der Waals surface area contributed by atoms with Crippen molar-refractivity contribution >= 4 is 23.4 Å². The summed E-state index contributed by atoms with van der Waals surface area (Å²) in [6, 6.07) is 3.86. The number of amidine groups is 2. The minimum absolute atomic E-state index is 0.189.